The van der Waals surface area contributed by atoms with Crippen LogP contribution < -0.4 is 24.4 Å². The van der Waals surface area contributed by atoms with E-state index >= 15 is 0 Å². The molecule has 4 fully saturated rings. The summed E-state index contributed by atoms with van der Waals surface area (Å²) in [7, 11) is -4.73. The Hall–Kier alpha value is -5.82. The van der Waals surface area contributed by atoms with E-state index in [4.69, 9.17) is 9.47 Å². The number of likely N-dealkylation sites (tertiary alicyclic amines) is 1. The highest BCUT2D eigenvalue weighted by atomic mass is 32.2. The van der Waals surface area contributed by atoms with Gasteiger partial charge in [0, 0.05) is 55.3 Å². The summed E-state index contributed by atoms with van der Waals surface area (Å²) in [5.74, 6) is -1.44. The van der Waals surface area contributed by atoms with E-state index in [1.54, 1.807) is 19.1 Å². The lowest BCUT2D eigenvalue weighted by Gasteiger charge is -2.56. The molecule has 0 bridgehead atoms. The smallest absolute Gasteiger partial charge is 0.297 e. The average molecular weight is 952 g/mol. The normalized spacial score (nSPS) is 24.2. The number of anilines is 2. The molecule has 2 atom stereocenters. The highest BCUT2D eigenvalue weighted by Gasteiger charge is 2.50. The number of nitrogens with zero attached hydrogens (tertiary/aromatic N) is 4. The predicted octanol–water partition coefficient (Wildman–Crippen LogP) is 8.45. The maximum Gasteiger partial charge on any atom is 0.297 e. The Morgan fingerprint density at radius 2 is 1.79 bits per heavy atom. The Balaban J connectivity index is 0.862. The van der Waals surface area contributed by atoms with Crippen molar-refractivity contribution in [3.63, 3.8) is 0 Å². The van der Waals surface area contributed by atoms with Crippen molar-refractivity contribution in [3.8, 4) is 17.2 Å². The van der Waals surface area contributed by atoms with Crippen LogP contribution in [0.3, 0.4) is 0 Å². The summed E-state index contributed by atoms with van der Waals surface area (Å²) in [4.78, 5) is 37.1. The van der Waals surface area contributed by atoms with Gasteiger partial charge in [-0.3, -0.25) is 19.8 Å². The number of H-pyrrole nitrogens is 1. The summed E-state index contributed by atoms with van der Waals surface area (Å²) in [5.41, 5.74) is 1.13. The van der Waals surface area contributed by atoms with Gasteiger partial charge in [-0.25, -0.2) is 22.5 Å². The Kier molecular flexibility index (Phi) is 11.7. The number of hydrogen-bond donors (Lipinski definition) is 5. The molecule has 68 heavy (non-hydrogen) atoms. The van der Waals surface area contributed by atoms with E-state index in [0.29, 0.717) is 37.4 Å². The molecule has 18 heteroatoms. The van der Waals surface area contributed by atoms with Gasteiger partial charge in [0.1, 0.15) is 29.6 Å². The number of ether oxygens (including phenoxy) is 2. The second kappa shape index (κ2) is 17.3. The summed E-state index contributed by atoms with van der Waals surface area (Å²) in [6.45, 7) is 8.15. The number of carbonyl (C=O) groups is 1. The number of nitrogens with one attached hydrogen (secondary N) is 3. The molecule has 2 saturated heterocycles. The number of benzene rings is 3. The van der Waals surface area contributed by atoms with E-state index in [1.807, 2.05) is 26.0 Å². The number of amides is 1. The van der Waals surface area contributed by atoms with Crippen molar-refractivity contribution >= 4 is 44.0 Å². The maximum absolute atomic E-state index is 14.7. The number of nitro benzene ring substituents is 1. The second-order valence-electron chi connectivity index (χ2n) is 20.5. The summed E-state index contributed by atoms with van der Waals surface area (Å²) in [6.07, 6.45) is 11.4. The van der Waals surface area contributed by atoms with Gasteiger partial charge in [0.15, 0.2) is 11.4 Å². The molecular weight excluding hydrogens is 894 g/mol. The Morgan fingerprint density at radius 1 is 1.04 bits per heavy atom. The minimum absolute atomic E-state index is 0.00178. The fourth-order valence-corrected chi connectivity index (χ4v) is 12.5. The fourth-order valence-electron chi connectivity index (χ4n) is 11.5. The quantitative estimate of drug-likeness (QED) is 0.0622. The molecule has 2 saturated carbocycles. The summed E-state index contributed by atoms with van der Waals surface area (Å²) in [6, 6.07) is 17.1. The molecule has 0 radical (unpaired) electrons. The van der Waals surface area contributed by atoms with E-state index < -0.39 is 48.5 Å². The van der Waals surface area contributed by atoms with Crippen LogP contribution in [0.5, 0.6) is 17.2 Å². The molecule has 1 amide bonds. The van der Waals surface area contributed by atoms with Gasteiger partial charge in [0.05, 0.1) is 44.2 Å². The number of nitro groups is 1. The fraction of sp³-hybridized carbons (Fsp3) is 0.480. The molecular formula is C50H58FN7O9S. The Bertz CT molecular complexity index is 2880. The Labute approximate surface area is 394 Å². The number of pyridine rings is 1. The van der Waals surface area contributed by atoms with E-state index in [-0.39, 0.29) is 63.9 Å². The highest BCUT2D eigenvalue weighted by Crippen LogP contribution is 2.54. The highest BCUT2D eigenvalue weighted by molar-refractivity contribution is 7.90. The van der Waals surface area contributed by atoms with Gasteiger partial charge in [0.25, 0.3) is 21.6 Å². The standard InChI is InChI=1S/C50H58FN7O9S/c1-48(2,60)38-8-5-4-7-35(38)41-9-6-18-57(41)32-25-50(26-32)16-19-56(20-17-50)31-10-11-36(43(21-31)67-33-22-37-39(51)28-53-46(37)52-27-33)47(59)55-68(64,65)34-23-42(58(62)63)45-44(24-34)66-29-40(54-45)30-12-14-49(3,61)15-13-30/h4-5,7-8,10-11,21-24,27-28,30,32,40-41,54,60-61H,6,9,12-20,25-26,29H2,1-3H3,(H,52,53)(H,55,59)/t30?,40-,41-,49?/m1/s1. The zero-order chi connectivity index (χ0) is 47.8. The van der Waals surface area contributed by atoms with Crippen LogP contribution in [0.4, 0.5) is 21.5 Å². The van der Waals surface area contributed by atoms with Gasteiger partial charge in [-0.15, -0.1) is 0 Å². The number of rotatable bonds is 11. The number of carbonyl (C=O) groups excluding carboxylic acids is 1. The molecule has 3 aliphatic heterocycles. The van der Waals surface area contributed by atoms with Crippen LogP contribution in [0.15, 0.2) is 78.0 Å². The molecule has 2 aromatic heterocycles. The van der Waals surface area contributed by atoms with Crippen molar-refractivity contribution in [1.82, 2.24) is 19.6 Å². The number of aromatic amines is 1. The van der Waals surface area contributed by atoms with E-state index in [2.05, 4.69) is 41.9 Å². The van der Waals surface area contributed by atoms with E-state index in [1.165, 1.54) is 30.1 Å². The third kappa shape index (κ3) is 8.87. The molecule has 2 aliphatic carbocycles. The SMILES string of the molecule is CC1(O)CCC([C@H]2COc3cc(S(=O)(=O)NC(=O)c4ccc(N5CCC6(CC5)CC(N5CCC[C@@H]5c5ccccc5C(C)(C)O)C6)cc4Oc4cnc5[nH]cc(F)c5c4)cc([N+](=O)[O-])c3N2)CC1. The van der Waals surface area contributed by atoms with Crippen LogP contribution in [0.1, 0.15) is 113 Å². The van der Waals surface area contributed by atoms with Crippen molar-refractivity contribution in [2.45, 2.75) is 119 Å². The summed E-state index contributed by atoms with van der Waals surface area (Å²) in [5, 5.41) is 37.2. The van der Waals surface area contributed by atoms with Gasteiger partial charge >= 0.3 is 0 Å². The van der Waals surface area contributed by atoms with Crippen molar-refractivity contribution < 1.29 is 42.2 Å². The minimum Gasteiger partial charge on any atom is -0.489 e. The minimum atomic E-state index is -4.73. The molecule has 5 aliphatic rings. The van der Waals surface area contributed by atoms with Gasteiger partial charge in [-0.1, -0.05) is 24.3 Å². The van der Waals surface area contributed by atoms with Crippen molar-refractivity contribution in [2.75, 3.05) is 36.5 Å². The van der Waals surface area contributed by atoms with Crippen LogP contribution in [0.25, 0.3) is 11.0 Å². The number of aromatic nitrogens is 2. The van der Waals surface area contributed by atoms with Crippen molar-refractivity contribution in [3.05, 3.63) is 106 Å². The van der Waals surface area contributed by atoms with Crippen LogP contribution in [-0.2, 0) is 15.6 Å². The third-order valence-electron chi connectivity index (χ3n) is 15.4. The molecule has 0 unspecified atom stereocenters. The third-order valence-corrected chi connectivity index (χ3v) is 16.7. The number of fused-ring (bicyclic) bond motifs is 2. The second-order valence-corrected chi connectivity index (χ2v) is 22.2. The first kappa shape index (κ1) is 45.9. The molecule has 5 aromatic rings. The maximum atomic E-state index is 14.7. The Morgan fingerprint density at radius 3 is 2.53 bits per heavy atom. The lowest BCUT2D eigenvalue weighted by atomic mass is 9.59. The monoisotopic (exact) mass is 951 g/mol. The number of halogens is 1. The van der Waals surface area contributed by atoms with Gasteiger partial charge in [0.2, 0.25) is 0 Å². The molecule has 5 heterocycles. The molecule has 5 N–H and O–H groups in total. The molecule has 1 spiro atoms. The summed E-state index contributed by atoms with van der Waals surface area (Å²) < 4.78 is 56.9. The molecule has 360 valence electrons. The number of hydrogen-bond acceptors (Lipinski definition) is 13. The van der Waals surface area contributed by atoms with Crippen LogP contribution in [-0.4, -0.2) is 88.3 Å². The van der Waals surface area contributed by atoms with Crippen molar-refractivity contribution in [2.24, 2.45) is 11.3 Å². The zero-order valence-electron chi connectivity index (χ0n) is 38.5. The number of aliphatic hydroxyl groups is 2. The topological polar surface area (TPSA) is 212 Å². The first-order valence-electron chi connectivity index (χ1n) is 23.6. The van der Waals surface area contributed by atoms with Crippen LogP contribution in [0.2, 0.25) is 0 Å². The number of sulfonamides is 1. The van der Waals surface area contributed by atoms with Gasteiger partial charge < -0.3 is 34.9 Å². The lowest BCUT2D eigenvalue weighted by molar-refractivity contribution is -0.384. The van der Waals surface area contributed by atoms with E-state index in [0.717, 1.165) is 81.5 Å². The van der Waals surface area contributed by atoms with E-state index in [9.17, 15) is 37.9 Å². The number of piperidine rings is 1. The zero-order valence-corrected chi connectivity index (χ0v) is 39.3. The molecule has 3 aromatic carbocycles. The average Bonchev–Trinajstić information content (AvgIpc) is 3.93. The molecule has 10 rings (SSSR count). The van der Waals surface area contributed by atoms with Crippen LogP contribution in [0, 0.1) is 27.3 Å². The summed E-state index contributed by atoms with van der Waals surface area (Å²) >= 11 is 0. The van der Waals surface area contributed by atoms with Crippen molar-refractivity contribution in [1.29, 1.82) is 0 Å². The van der Waals surface area contributed by atoms with Crippen LogP contribution >= 0.6 is 0 Å². The lowest BCUT2D eigenvalue weighted by Crippen LogP contribution is -2.55. The predicted molar refractivity (Wildman–Crippen MR) is 253 cm³/mol. The molecule has 16 nitrogen and oxygen atoms in total. The van der Waals surface area contributed by atoms with Gasteiger partial charge in [-0.2, -0.15) is 0 Å². The first-order chi connectivity index (χ1) is 32.4. The largest absolute Gasteiger partial charge is 0.489 e. The first-order valence-corrected chi connectivity index (χ1v) is 25.1. The van der Waals surface area contributed by atoms with Gasteiger partial charge in [-0.05, 0) is 132 Å².